The number of amides is 1. The number of nitrogens with one attached hydrogen (secondary N) is 2. The van der Waals surface area contributed by atoms with Crippen LogP contribution in [0.5, 0.6) is 0 Å². The van der Waals surface area contributed by atoms with Crippen LogP contribution in [-0.2, 0) is 0 Å². The molecule has 1 fully saturated rings. The van der Waals surface area contributed by atoms with E-state index in [1.54, 1.807) is 12.3 Å². The van der Waals surface area contributed by atoms with E-state index in [0.717, 1.165) is 25.0 Å². The van der Waals surface area contributed by atoms with E-state index < -0.39 is 0 Å². The van der Waals surface area contributed by atoms with Crippen molar-refractivity contribution in [3.05, 3.63) is 23.5 Å². The Morgan fingerprint density at radius 2 is 2.47 bits per heavy atom. The monoisotopic (exact) mass is 236 g/mol. The molecule has 2 rings (SSSR count). The number of aromatic nitrogens is 1. The summed E-state index contributed by atoms with van der Waals surface area (Å²) in [6.07, 6.45) is 4.76. The summed E-state index contributed by atoms with van der Waals surface area (Å²) >= 11 is 0. The molecule has 1 aromatic heterocycles. The fourth-order valence-corrected chi connectivity index (χ4v) is 2.60. The molecule has 0 saturated heterocycles. The molecule has 0 aromatic carbocycles. The van der Waals surface area contributed by atoms with E-state index in [-0.39, 0.29) is 24.0 Å². The standard InChI is InChI=1S/C13H20N2O2/c1-9-10(5-7-14-9)12(17)15-11-4-3-6-13(11,2)8-16/h5,7,11,14,16H,3-4,6,8H2,1-2H3,(H,15,17)/t11-,13-/m0/s1. The van der Waals surface area contributed by atoms with E-state index in [1.165, 1.54) is 0 Å². The Balaban J connectivity index is 2.07. The highest BCUT2D eigenvalue weighted by atomic mass is 16.3. The number of H-pyrrole nitrogens is 1. The predicted octanol–water partition coefficient (Wildman–Crippen LogP) is 1.60. The van der Waals surface area contributed by atoms with Crippen LogP contribution in [0.3, 0.4) is 0 Å². The average Bonchev–Trinajstić information content (AvgIpc) is 2.87. The third-order valence-electron chi connectivity index (χ3n) is 3.95. The fourth-order valence-electron chi connectivity index (χ4n) is 2.60. The van der Waals surface area contributed by atoms with E-state index in [2.05, 4.69) is 10.3 Å². The van der Waals surface area contributed by atoms with Gasteiger partial charge in [-0.05, 0) is 25.8 Å². The van der Waals surface area contributed by atoms with Crippen LogP contribution in [0, 0.1) is 12.3 Å². The summed E-state index contributed by atoms with van der Waals surface area (Å²) in [5, 5.41) is 12.5. The van der Waals surface area contributed by atoms with Crippen molar-refractivity contribution in [1.82, 2.24) is 10.3 Å². The number of rotatable bonds is 3. The Hall–Kier alpha value is -1.29. The third kappa shape index (κ3) is 2.22. The Morgan fingerprint density at radius 3 is 3.06 bits per heavy atom. The topological polar surface area (TPSA) is 65.1 Å². The van der Waals surface area contributed by atoms with E-state index in [1.807, 2.05) is 13.8 Å². The zero-order valence-electron chi connectivity index (χ0n) is 10.4. The number of carbonyl (C=O) groups is 1. The Kier molecular flexibility index (Phi) is 3.24. The third-order valence-corrected chi connectivity index (χ3v) is 3.95. The van der Waals surface area contributed by atoms with Gasteiger partial charge in [-0.15, -0.1) is 0 Å². The summed E-state index contributed by atoms with van der Waals surface area (Å²) in [5.41, 5.74) is 1.41. The smallest absolute Gasteiger partial charge is 0.253 e. The Bertz CT molecular complexity index is 413. The lowest BCUT2D eigenvalue weighted by molar-refractivity contribution is 0.0830. The maximum atomic E-state index is 12.1. The van der Waals surface area contributed by atoms with Gasteiger partial charge in [-0.2, -0.15) is 0 Å². The first-order valence-electron chi connectivity index (χ1n) is 6.12. The highest BCUT2D eigenvalue weighted by Crippen LogP contribution is 2.37. The van der Waals surface area contributed by atoms with Crippen LogP contribution in [0.1, 0.15) is 42.2 Å². The van der Waals surface area contributed by atoms with Gasteiger partial charge >= 0.3 is 0 Å². The quantitative estimate of drug-likeness (QED) is 0.746. The second-order valence-electron chi connectivity index (χ2n) is 5.25. The van der Waals surface area contributed by atoms with Crippen molar-refractivity contribution in [1.29, 1.82) is 0 Å². The summed E-state index contributed by atoms with van der Waals surface area (Å²) < 4.78 is 0. The van der Waals surface area contributed by atoms with Crippen molar-refractivity contribution in [3.8, 4) is 0 Å². The second kappa shape index (κ2) is 4.53. The first kappa shape index (κ1) is 12.2. The van der Waals surface area contributed by atoms with Crippen LogP contribution in [0.2, 0.25) is 0 Å². The van der Waals surface area contributed by atoms with Crippen molar-refractivity contribution in [3.63, 3.8) is 0 Å². The number of aryl methyl sites for hydroxylation is 1. The van der Waals surface area contributed by atoms with Gasteiger partial charge < -0.3 is 15.4 Å². The number of hydrogen-bond acceptors (Lipinski definition) is 2. The molecule has 0 aliphatic heterocycles. The van der Waals surface area contributed by atoms with Crippen LogP contribution in [0.4, 0.5) is 0 Å². The molecule has 0 radical (unpaired) electrons. The minimum atomic E-state index is -0.167. The van der Waals surface area contributed by atoms with Gasteiger partial charge in [0.15, 0.2) is 0 Å². The summed E-state index contributed by atoms with van der Waals surface area (Å²) in [4.78, 5) is 15.1. The lowest BCUT2D eigenvalue weighted by Gasteiger charge is -2.30. The Labute approximate surface area is 101 Å². The van der Waals surface area contributed by atoms with Gasteiger partial charge in [0.1, 0.15) is 0 Å². The summed E-state index contributed by atoms with van der Waals surface area (Å²) in [6.45, 7) is 4.05. The summed E-state index contributed by atoms with van der Waals surface area (Å²) in [7, 11) is 0. The molecular weight excluding hydrogens is 216 g/mol. The van der Waals surface area contributed by atoms with Crippen molar-refractivity contribution < 1.29 is 9.90 Å². The van der Waals surface area contributed by atoms with Crippen LogP contribution in [0.25, 0.3) is 0 Å². The van der Waals surface area contributed by atoms with E-state index >= 15 is 0 Å². The lowest BCUT2D eigenvalue weighted by Crippen LogP contribution is -2.44. The predicted molar refractivity (Wildman–Crippen MR) is 65.8 cm³/mol. The van der Waals surface area contributed by atoms with E-state index in [4.69, 9.17) is 0 Å². The van der Waals surface area contributed by atoms with Crippen molar-refractivity contribution in [2.45, 2.75) is 39.2 Å². The van der Waals surface area contributed by atoms with Crippen molar-refractivity contribution in [2.24, 2.45) is 5.41 Å². The minimum absolute atomic E-state index is 0.0460. The first-order valence-corrected chi connectivity index (χ1v) is 6.12. The highest BCUT2D eigenvalue weighted by Gasteiger charge is 2.39. The molecule has 3 N–H and O–H groups in total. The minimum Gasteiger partial charge on any atom is -0.396 e. The molecule has 94 valence electrons. The van der Waals surface area contributed by atoms with Crippen LogP contribution < -0.4 is 5.32 Å². The zero-order valence-corrected chi connectivity index (χ0v) is 10.4. The second-order valence-corrected chi connectivity index (χ2v) is 5.25. The zero-order chi connectivity index (χ0) is 12.5. The molecule has 0 spiro atoms. The molecule has 0 unspecified atom stereocenters. The Morgan fingerprint density at radius 1 is 1.71 bits per heavy atom. The SMILES string of the molecule is Cc1[nH]ccc1C(=O)N[C@H]1CCC[C@@]1(C)CO. The number of hydrogen-bond donors (Lipinski definition) is 3. The molecular formula is C13H20N2O2. The van der Waals surface area contributed by atoms with Gasteiger partial charge in [-0.1, -0.05) is 13.3 Å². The maximum absolute atomic E-state index is 12.1. The van der Waals surface area contributed by atoms with Crippen molar-refractivity contribution >= 4 is 5.91 Å². The molecule has 4 nitrogen and oxygen atoms in total. The van der Waals surface area contributed by atoms with Crippen LogP contribution >= 0.6 is 0 Å². The van der Waals surface area contributed by atoms with Crippen molar-refractivity contribution in [2.75, 3.05) is 6.61 Å². The maximum Gasteiger partial charge on any atom is 0.253 e. The lowest BCUT2D eigenvalue weighted by atomic mass is 9.85. The number of aliphatic hydroxyl groups is 1. The molecule has 1 aromatic rings. The molecule has 1 aliphatic rings. The number of aliphatic hydroxyl groups excluding tert-OH is 1. The van der Waals surface area contributed by atoms with Crippen LogP contribution in [-0.4, -0.2) is 28.6 Å². The average molecular weight is 236 g/mol. The van der Waals surface area contributed by atoms with Gasteiger partial charge in [0.05, 0.1) is 12.2 Å². The van der Waals surface area contributed by atoms with Crippen LogP contribution in [0.15, 0.2) is 12.3 Å². The van der Waals surface area contributed by atoms with Gasteiger partial charge in [0.25, 0.3) is 5.91 Å². The van der Waals surface area contributed by atoms with E-state index in [0.29, 0.717) is 5.56 Å². The molecule has 4 heteroatoms. The molecule has 1 amide bonds. The number of aromatic amines is 1. The molecule has 1 aliphatic carbocycles. The first-order chi connectivity index (χ1) is 8.07. The van der Waals surface area contributed by atoms with Gasteiger partial charge in [0, 0.05) is 23.3 Å². The molecule has 2 atom stereocenters. The summed E-state index contributed by atoms with van der Waals surface area (Å²) in [6, 6.07) is 1.87. The normalized spacial score (nSPS) is 28.3. The molecule has 17 heavy (non-hydrogen) atoms. The summed E-state index contributed by atoms with van der Waals surface area (Å²) in [5.74, 6) is -0.0460. The fraction of sp³-hybridized carbons (Fsp3) is 0.615. The molecule has 0 bridgehead atoms. The molecule has 1 saturated carbocycles. The van der Waals surface area contributed by atoms with Gasteiger partial charge in [0.2, 0.25) is 0 Å². The van der Waals surface area contributed by atoms with Gasteiger partial charge in [-0.25, -0.2) is 0 Å². The highest BCUT2D eigenvalue weighted by molar-refractivity contribution is 5.95. The van der Waals surface area contributed by atoms with E-state index in [9.17, 15) is 9.90 Å². The van der Waals surface area contributed by atoms with Gasteiger partial charge in [-0.3, -0.25) is 4.79 Å². The largest absolute Gasteiger partial charge is 0.396 e. The molecule has 1 heterocycles. The number of carbonyl (C=O) groups excluding carboxylic acids is 1.